The summed E-state index contributed by atoms with van der Waals surface area (Å²) >= 11 is 1.56. The number of nitrogens with two attached hydrogens (primary N) is 1. The second kappa shape index (κ2) is 4.52. The molecule has 3 rings (SSSR count). The molecule has 1 aromatic heterocycles. The molecule has 1 aliphatic carbocycles. The lowest BCUT2D eigenvalue weighted by atomic mass is 9.75. The first-order valence-corrected chi connectivity index (χ1v) is 7.42. The van der Waals surface area contributed by atoms with Crippen molar-refractivity contribution < 1.29 is 0 Å². The van der Waals surface area contributed by atoms with E-state index in [0.29, 0.717) is 10.7 Å². The maximum Gasteiger partial charge on any atom is 0.181 e. The molecule has 1 saturated carbocycles. The molecule has 0 amide bonds. The lowest BCUT2D eigenvalue weighted by molar-refractivity contribution is 0.175. The van der Waals surface area contributed by atoms with E-state index in [1.54, 1.807) is 11.3 Å². The maximum atomic E-state index is 5.73. The minimum atomic E-state index is 0.404. The summed E-state index contributed by atoms with van der Waals surface area (Å²) < 4.78 is 1.19. The number of hydrogen-bond donors (Lipinski definition) is 2. The number of nitrogen functional groups attached to an aromatic ring is 1. The molecule has 1 fully saturated rings. The summed E-state index contributed by atoms with van der Waals surface area (Å²) in [7, 11) is 0. The topological polar surface area (TPSA) is 50.9 Å². The molecule has 1 heterocycles. The average Bonchev–Trinajstić information content (AvgIpc) is 2.67. The second-order valence-corrected chi connectivity index (χ2v) is 6.26. The Morgan fingerprint density at radius 3 is 2.94 bits per heavy atom. The highest BCUT2D eigenvalue weighted by atomic mass is 32.1. The van der Waals surface area contributed by atoms with E-state index in [4.69, 9.17) is 5.73 Å². The van der Waals surface area contributed by atoms with Crippen molar-refractivity contribution in [3.05, 3.63) is 23.8 Å². The average molecular weight is 261 g/mol. The van der Waals surface area contributed by atoms with Crippen molar-refractivity contribution in [2.75, 3.05) is 5.73 Å². The van der Waals surface area contributed by atoms with E-state index < -0.39 is 0 Å². The molecule has 18 heavy (non-hydrogen) atoms. The smallest absolute Gasteiger partial charge is 0.181 e. The number of nitrogens with one attached hydrogen (secondary N) is 1. The van der Waals surface area contributed by atoms with Gasteiger partial charge in [0.25, 0.3) is 0 Å². The van der Waals surface area contributed by atoms with Gasteiger partial charge in [-0.3, -0.25) is 0 Å². The molecule has 0 aliphatic heterocycles. The van der Waals surface area contributed by atoms with Gasteiger partial charge in [0.1, 0.15) is 0 Å². The van der Waals surface area contributed by atoms with Gasteiger partial charge in [-0.05, 0) is 43.4 Å². The van der Waals surface area contributed by atoms with E-state index in [2.05, 4.69) is 35.4 Å². The summed E-state index contributed by atoms with van der Waals surface area (Å²) in [5, 5.41) is 4.38. The van der Waals surface area contributed by atoms with Crippen LogP contribution in [-0.2, 0) is 6.54 Å². The van der Waals surface area contributed by atoms with Crippen LogP contribution in [0.1, 0.15) is 38.2 Å². The zero-order chi connectivity index (χ0) is 12.6. The van der Waals surface area contributed by atoms with Crippen LogP contribution < -0.4 is 11.1 Å². The van der Waals surface area contributed by atoms with Gasteiger partial charge in [-0.25, -0.2) is 4.98 Å². The number of benzene rings is 1. The number of aromatic nitrogens is 1. The molecule has 1 aliphatic rings. The zero-order valence-electron chi connectivity index (χ0n) is 10.7. The third-order valence-electron chi connectivity index (χ3n) is 4.12. The highest BCUT2D eigenvalue weighted by Gasteiger charge is 2.34. The Bertz CT molecular complexity index is 552. The molecule has 2 aromatic rings. The van der Waals surface area contributed by atoms with Gasteiger partial charge in [0.05, 0.1) is 10.2 Å². The molecular formula is C14H19N3S. The molecule has 3 nitrogen and oxygen atoms in total. The fourth-order valence-electron chi connectivity index (χ4n) is 2.65. The lowest BCUT2D eigenvalue weighted by Crippen LogP contribution is -2.49. The van der Waals surface area contributed by atoms with Crippen molar-refractivity contribution in [2.24, 2.45) is 0 Å². The Hall–Kier alpha value is -1.13. The van der Waals surface area contributed by atoms with Gasteiger partial charge in [-0.15, -0.1) is 0 Å². The third kappa shape index (κ3) is 2.10. The minimum Gasteiger partial charge on any atom is -0.375 e. The summed E-state index contributed by atoms with van der Waals surface area (Å²) in [5.41, 5.74) is 8.47. The zero-order valence-corrected chi connectivity index (χ0v) is 11.5. The van der Waals surface area contributed by atoms with Crippen LogP contribution in [-0.4, -0.2) is 10.5 Å². The molecule has 0 radical (unpaired) electrons. The third-order valence-corrected chi connectivity index (χ3v) is 4.97. The molecule has 4 heteroatoms. The molecule has 0 saturated heterocycles. The monoisotopic (exact) mass is 261 g/mol. The van der Waals surface area contributed by atoms with Gasteiger partial charge in [-0.2, -0.15) is 0 Å². The number of nitrogens with zero attached hydrogens (tertiary/aromatic N) is 1. The fourth-order valence-corrected chi connectivity index (χ4v) is 3.44. The Labute approximate surface area is 111 Å². The van der Waals surface area contributed by atoms with Crippen molar-refractivity contribution in [2.45, 2.75) is 44.7 Å². The van der Waals surface area contributed by atoms with Crippen molar-refractivity contribution in [1.29, 1.82) is 0 Å². The van der Waals surface area contributed by atoms with Crippen LogP contribution in [0.3, 0.4) is 0 Å². The van der Waals surface area contributed by atoms with E-state index >= 15 is 0 Å². The van der Waals surface area contributed by atoms with Crippen molar-refractivity contribution in [3.63, 3.8) is 0 Å². The van der Waals surface area contributed by atoms with Crippen molar-refractivity contribution in [3.8, 4) is 0 Å². The SMILES string of the molecule is CCC1(NCc2ccc3nc(N)sc3c2)CCC1. The number of thiazole rings is 1. The quantitative estimate of drug-likeness (QED) is 0.888. The van der Waals surface area contributed by atoms with E-state index in [-0.39, 0.29) is 0 Å². The summed E-state index contributed by atoms with van der Waals surface area (Å²) in [6, 6.07) is 6.42. The molecule has 96 valence electrons. The van der Waals surface area contributed by atoms with E-state index in [0.717, 1.165) is 12.1 Å². The van der Waals surface area contributed by atoms with Crippen LogP contribution in [0.25, 0.3) is 10.2 Å². The summed E-state index contributed by atoms with van der Waals surface area (Å²) in [5.74, 6) is 0. The molecule has 1 aromatic carbocycles. The van der Waals surface area contributed by atoms with Crippen molar-refractivity contribution >= 4 is 26.7 Å². The molecule has 3 N–H and O–H groups in total. The number of anilines is 1. The highest BCUT2D eigenvalue weighted by molar-refractivity contribution is 7.22. The second-order valence-electron chi connectivity index (χ2n) is 5.20. The Balaban J connectivity index is 1.74. The molecule has 0 atom stereocenters. The van der Waals surface area contributed by atoms with E-state index in [9.17, 15) is 0 Å². The first-order chi connectivity index (χ1) is 8.71. The van der Waals surface area contributed by atoms with Gasteiger partial charge in [0.2, 0.25) is 0 Å². The Kier molecular flexibility index (Phi) is 2.99. The first kappa shape index (κ1) is 11.9. The fraction of sp³-hybridized carbons (Fsp3) is 0.500. The maximum absolute atomic E-state index is 5.73. The van der Waals surface area contributed by atoms with Gasteiger partial charge in [0.15, 0.2) is 5.13 Å². The van der Waals surface area contributed by atoms with Crippen LogP contribution in [0.2, 0.25) is 0 Å². The minimum absolute atomic E-state index is 0.404. The normalized spacial score (nSPS) is 17.8. The standard InChI is InChI=1S/C14H19N3S/c1-2-14(6-3-7-14)16-9-10-4-5-11-12(8-10)18-13(15)17-11/h4-5,8,16H,2-3,6-7,9H2,1H3,(H2,15,17). The molecular weight excluding hydrogens is 242 g/mol. The van der Waals surface area contributed by atoms with Crippen molar-refractivity contribution in [1.82, 2.24) is 10.3 Å². The highest BCUT2D eigenvalue weighted by Crippen LogP contribution is 2.35. The molecule has 0 spiro atoms. The van der Waals surface area contributed by atoms with E-state index in [1.165, 1.54) is 35.9 Å². The van der Waals surface area contributed by atoms with Gasteiger partial charge >= 0.3 is 0 Å². The van der Waals surface area contributed by atoms with Crippen LogP contribution in [0.5, 0.6) is 0 Å². The van der Waals surface area contributed by atoms with E-state index in [1.807, 2.05) is 0 Å². The Morgan fingerprint density at radius 2 is 2.28 bits per heavy atom. The number of hydrogen-bond acceptors (Lipinski definition) is 4. The summed E-state index contributed by atoms with van der Waals surface area (Å²) in [4.78, 5) is 4.28. The molecule has 0 unspecified atom stereocenters. The largest absolute Gasteiger partial charge is 0.375 e. The van der Waals surface area contributed by atoms with Gasteiger partial charge in [-0.1, -0.05) is 24.3 Å². The van der Waals surface area contributed by atoms with Crippen LogP contribution in [0.4, 0.5) is 5.13 Å². The van der Waals surface area contributed by atoms with Gasteiger partial charge in [0, 0.05) is 12.1 Å². The van der Waals surface area contributed by atoms with Crippen LogP contribution >= 0.6 is 11.3 Å². The number of rotatable bonds is 4. The first-order valence-electron chi connectivity index (χ1n) is 6.61. The van der Waals surface area contributed by atoms with Gasteiger partial charge < -0.3 is 11.1 Å². The predicted molar refractivity (Wildman–Crippen MR) is 77.7 cm³/mol. The lowest BCUT2D eigenvalue weighted by Gasteiger charge is -2.42. The predicted octanol–water partition coefficient (Wildman–Crippen LogP) is 3.30. The summed E-state index contributed by atoms with van der Waals surface area (Å²) in [6.45, 7) is 3.22. The summed E-state index contributed by atoms with van der Waals surface area (Å²) in [6.07, 6.45) is 5.23. The van der Waals surface area contributed by atoms with Crippen LogP contribution in [0, 0.1) is 0 Å². The number of fused-ring (bicyclic) bond motifs is 1. The Morgan fingerprint density at radius 1 is 1.44 bits per heavy atom. The van der Waals surface area contributed by atoms with Crippen LogP contribution in [0.15, 0.2) is 18.2 Å². The molecule has 0 bridgehead atoms.